The van der Waals surface area contributed by atoms with Gasteiger partial charge < -0.3 is 19.4 Å². The van der Waals surface area contributed by atoms with Crippen LogP contribution in [0, 0.1) is 25.2 Å². The van der Waals surface area contributed by atoms with Crippen molar-refractivity contribution in [1.82, 2.24) is 0 Å². The van der Waals surface area contributed by atoms with Crippen molar-refractivity contribution in [3.8, 4) is 17.6 Å². The molecule has 0 amide bonds. The van der Waals surface area contributed by atoms with Gasteiger partial charge in [-0.3, -0.25) is 0 Å². The number of nitriles is 1. The van der Waals surface area contributed by atoms with E-state index in [0.717, 1.165) is 22.3 Å². The van der Waals surface area contributed by atoms with Gasteiger partial charge in [0, 0.05) is 12.0 Å². The maximum atomic E-state index is 11.1. The van der Waals surface area contributed by atoms with Crippen molar-refractivity contribution in [1.29, 1.82) is 5.26 Å². The maximum absolute atomic E-state index is 11.1. The van der Waals surface area contributed by atoms with Crippen LogP contribution in [0.2, 0.25) is 0 Å². The number of nitrogens with zero attached hydrogens (tertiary/aromatic N) is 1. The third-order valence-electron chi connectivity index (χ3n) is 4.79. The number of benzene rings is 2. The molecule has 0 radical (unpaired) electrons. The van der Waals surface area contributed by atoms with Gasteiger partial charge in [0.25, 0.3) is 0 Å². The third kappa shape index (κ3) is 5.40. The summed E-state index contributed by atoms with van der Waals surface area (Å²) in [5, 5.41) is 24.7. The lowest BCUT2D eigenvalue weighted by Crippen LogP contribution is -2.23. The molecule has 1 aromatic heterocycles. The summed E-state index contributed by atoms with van der Waals surface area (Å²) >= 11 is 1.60. The van der Waals surface area contributed by atoms with Crippen molar-refractivity contribution in [3.63, 3.8) is 0 Å². The Labute approximate surface area is 180 Å². The molecule has 3 rings (SSSR count). The molecule has 2 aromatic carbocycles. The number of hydrogen-bond acceptors (Lipinski definition) is 6. The van der Waals surface area contributed by atoms with Gasteiger partial charge in [0.05, 0.1) is 5.56 Å². The molecule has 30 heavy (non-hydrogen) atoms. The second-order valence-corrected chi connectivity index (χ2v) is 7.80. The number of aliphatic carboxylic acids is 1. The lowest BCUT2D eigenvalue weighted by Gasteiger charge is -2.23. The topological polar surface area (TPSA) is 82.4 Å². The highest BCUT2D eigenvalue weighted by Crippen LogP contribution is 2.34. The molecule has 1 atom stereocenters. The Kier molecular flexibility index (Phi) is 7.10. The van der Waals surface area contributed by atoms with Crippen molar-refractivity contribution in [3.05, 3.63) is 81.0 Å². The smallest absolute Gasteiger partial charge is 0.141 e. The van der Waals surface area contributed by atoms with Crippen LogP contribution < -0.4 is 14.6 Å². The second kappa shape index (κ2) is 9.95. The standard InChI is InChI=1S/C24H23NO4S/c1-16-5-3-4-6-20(16)22(7-8-24(26)27)29-23-12-19(11-17(2)21(23)13-25)28-14-18-9-10-30-15-18/h3-6,9-12,15,22H,7-8,14H2,1-2H3,(H,26,27)/p-1. The molecule has 0 aliphatic heterocycles. The minimum absolute atomic E-state index is 0.145. The summed E-state index contributed by atoms with van der Waals surface area (Å²) in [6.07, 6.45) is -0.437. The van der Waals surface area contributed by atoms with E-state index in [2.05, 4.69) is 6.07 Å². The second-order valence-electron chi connectivity index (χ2n) is 7.02. The molecule has 0 fully saturated rings. The van der Waals surface area contributed by atoms with E-state index in [1.165, 1.54) is 0 Å². The van der Waals surface area contributed by atoms with Crippen LogP contribution in [0.5, 0.6) is 11.5 Å². The van der Waals surface area contributed by atoms with E-state index < -0.39 is 12.1 Å². The largest absolute Gasteiger partial charge is 0.550 e. The van der Waals surface area contributed by atoms with E-state index in [9.17, 15) is 15.2 Å². The highest BCUT2D eigenvalue weighted by Gasteiger charge is 2.19. The molecule has 1 heterocycles. The molecule has 0 saturated heterocycles. The molecule has 154 valence electrons. The van der Waals surface area contributed by atoms with Crippen molar-refractivity contribution in [2.45, 2.75) is 39.4 Å². The number of carboxylic acids is 1. The Hall–Kier alpha value is -3.30. The molecular weight excluding hydrogens is 398 g/mol. The fraction of sp³-hybridized carbons (Fsp3) is 0.250. The Bertz CT molecular complexity index is 1050. The minimum atomic E-state index is -1.14. The van der Waals surface area contributed by atoms with Gasteiger partial charge in [-0.15, -0.1) is 0 Å². The van der Waals surface area contributed by atoms with Crippen LogP contribution in [-0.4, -0.2) is 5.97 Å². The van der Waals surface area contributed by atoms with Crippen LogP contribution in [0.25, 0.3) is 0 Å². The first-order valence-corrected chi connectivity index (χ1v) is 10.5. The average Bonchev–Trinajstić information content (AvgIpc) is 3.23. The van der Waals surface area contributed by atoms with Gasteiger partial charge in [-0.1, -0.05) is 24.3 Å². The number of carboxylic acid groups (broad SMARTS) is 1. The molecule has 0 aliphatic carbocycles. The quantitative estimate of drug-likeness (QED) is 0.510. The van der Waals surface area contributed by atoms with Crippen LogP contribution in [0.3, 0.4) is 0 Å². The minimum Gasteiger partial charge on any atom is -0.550 e. The van der Waals surface area contributed by atoms with E-state index in [-0.39, 0.29) is 12.8 Å². The lowest BCUT2D eigenvalue weighted by atomic mass is 9.99. The number of hydrogen-bond donors (Lipinski definition) is 0. The van der Waals surface area contributed by atoms with Crippen LogP contribution in [0.1, 0.15) is 46.8 Å². The zero-order valence-electron chi connectivity index (χ0n) is 16.9. The van der Waals surface area contributed by atoms with Crippen LogP contribution in [0.4, 0.5) is 0 Å². The Balaban J connectivity index is 1.91. The Morgan fingerprint density at radius 3 is 2.67 bits per heavy atom. The summed E-state index contributed by atoms with van der Waals surface area (Å²) in [6, 6.07) is 15.3. The highest BCUT2D eigenvalue weighted by atomic mass is 32.1. The van der Waals surface area contributed by atoms with Crippen LogP contribution in [-0.2, 0) is 11.4 Å². The van der Waals surface area contributed by atoms with E-state index in [0.29, 0.717) is 23.7 Å². The first-order valence-electron chi connectivity index (χ1n) is 9.58. The van der Waals surface area contributed by atoms with Crippen molar-refractivity contribution < 1.29 is 19.4 Å². The Morgan fingerprint density at radius 2 is 2.00 bits per heavy atom. The maximum Gasteiger partial charge on any atom is 0.141 e. The predicted molar refractivity (Wildman–Crippen MR) is 113 cm³/mol. The molecule has 0 N–H and O–H groups in total. The van der Waals surface area contributed by atoms with E-state index >= 15 is 0 Å². The van der Waals surface area contributed by atoms with Gasteiger partial charge in [0.15, 0.2) is 0 Å². The zero-order chi connectivity index (χ0) is 21.5. The van der Waals surface area contributed by atoms with E-state index in [1.807, 2.05) is 61.0 Å². The van der Waals surface area contributed by atoms with E-state index in [1.54, 1.807) is 17.4 Å². The molecule has 0 spiro atoms. The number of ether oxygens (including phenoxy) is 2. The number of carbonyl (C=O) groups excluding carboxylic acids is 1. The lowest BCUT2D eigenvalue weighted by molar-refractivity contribution is -0.306. The summed E-state index contributed by atoms with van der Waals surface area (Å²) in [7, 11) is 0. The summed E-state index contributed by atoms with van der Waals surface area (Å²) in [6.45, 7) is 4.19. The van der Waals surface area contributed by atoms with Crippen molar-refractivity contribution >= 4 is 17.3 Å². The predicted octanol–water partition coefficient (Wildman–Crippen LogP) is 4.47. The SMILES string of the molecule is Cc1ccccc1C(CCC(=O)[O-])Oc1cc(OCc2ccsc2)cc(C)c1C#N. The Morgan fingerprint density at radius 1 is 1.20 bits per heavy atom. The van der Waals surface area contributed by atoms with Gasteiger partial charge in [-0.2, -0.15) is 16.6 Å². The fourth-order valence-electron chi connectivity index (χ4n) is 3.21. The number of aryl methyl sites for hydroxylation is 2. The number of rotatable bonds is 9. The first-order chi connectivity index (χ1) is 14.5. The monoisotopic (exact) mass is 420 g/mol. The van der Waals surface area contributed by atoms with Crippen molar-refractivity contribution in [2.24, 2.45) is 0 Å². The van der Waals surface area contributed by atoms with Gasteiger partial charge in [0.2, 0.25) is 0 Å². The molecular formula is C24H22NO4S-. The van der Waals surface area contributed by atoms with Crippen LogP contribution >= 0.6 is 11.3 Å². The number of thiophene rings is 1. The van der Waals surface area contributed by atoms with Crippen molar-refractivity contribution in [2.75, 3.05) is 0 Å². The molecule has 0 bridgehead atoms. The third-order valence-corrected chi connectivity index (χ3v) is 5.52. The van der Waals surface area contributed by atoms with Gasteiger partial charge in [-0.05, 0) is 71.8 Å². The van der Waals surface area contributed by atoms with Gasteiger partial charge >= 0.3 is 0 Å². The zero-order valence-corrected chi connectivity index (χ0v) is 17.7. The molecule has 6 heteroatoms. The molecule has 5 nitrogen and oxygen atoms in total. The van der Waals surface area contributed by atoms with Gasteiger partial charge in [0.1, 0.15) is 30.3 Å². The summed E-state index contributed by atoms with van der Waals surface area (Å²) < 4.78 is 12.1. The molecule has 0 aliphatic rings. The summed E-state index contributed by atoms with van der Waals surface area (Å²) in [5.41, 5.74) is 4.07. The molecule has 3 aromatic rings. The van der Waals surface area contributed by atoms with Gasteiger partial charge in [-0.25, -0.2) is 0 Å². The normalized spacial score (nSPS) is 11.5. The first kappa shape index (κ1) is 21.4. The highest BCUT2D eigenvalue weighted by molar-refractivity contribution is 7.07. The average molecular weight is 421 g/mol. The van der Waals surface area contributed by atoms with E-state index in [4.69, 9.17) is 9.47 Å². The molecule has 1 unspecified atom stereocenters. The van der Waals surface area contributed by atoms with Crippen LogP contribution in [0.15, 0.2) is 53.2 Å². The fourth-order valence-corrected chi connectivity index (χ4v) is 3.87. The summed E-state index contributed by atoms with van der Waals surface area (Å²) in [4.78, 5) is 11.1. The number of carbonyl (C=O) groups is 1. The summed E-state index contributed by atoms with van der Waals surface area (Å²) in [5.74, 6) is -0.165. The molecule has 0 saturated carbocycles.